The van der Waals surface area contributed by atoms with Crippen LogP contribution in [0.3, 0.4) is 0 Å². The summed E-state index contributed by atoms with van der Waals surface area (Å²) in [6, 6.07) is 7.52. The lowest BCUT2D eigenvalue weighted by Crippen LogP contribution is -2.51. The van der Waals surface area contributed by atoms with Crippen molar-refractivity contribution >= 4 is 24.0 Å². The number of ether oxygens (including phenoxy) is 2. The van der Waals surface area contributed by atoms with Gasteiger partial charge in [0.15, 0.2) is 0 Å². The van der Waals surface area contributed by atoms with E-state index < -0.39 is 5.60 Å². The van der Waals surface area contributed by atoms with Gasteiger partial charge >= 0.3 is 0 Å². The van der Waals surface area contributed by atoms with E-state index in [4.69, 9.17) is 9.47 Å². The molecule has 23 heavy (non-hydrogen) atoms. The van der Waals surface area contributed by atoms with E-state index in [0.717, 1.165) is 37.4 Å². The Morgan fingerprint density at radius 1 is 1.35 bits per heavy atom. The van der Waals surface area contributed by atoms with Gasteiger partial charge in [-0.25, -0.2) is 0 Å². The molecule has 1 aromatic carbocycles. The van der Waals surface area contributed by atoms with E-state index in [2.05, 4.69) is 17.6 Å². The molecule has 0 bridgehead atoms. The highest BCUT2D eigenvalue weighted by Crippen LogP contribution is 2.25. The lowest BCUT2D eigenvalue weighted by atomic mass is 9.91. The highest BCUT2D eigenvalue weighted by molar-refractivity contribution is 5.97. The SMILES string of the molecule is CCCCOc1cccc(NC(=O)C2(OC)CCNCC2)c1.Cl. The molecule has 2 N–H and O–H groups in total. The van der Waals surface area contributed by atoms with Crippen molar-refractivity contribution in [3.63, 3.8) is 0 Å². The summed E-state index contributed by atoms with van der Waals surface area (Å²) in [5.74, 6) is 0.699. The summed E-state index contributed by atoms with van der Waals surface area (Å²) >= 11 is 0. The molecule has 0 aromatic heterocycles. The van der Waals surface area contributed by atoms with Gasteiger partial charge in [-0.15, -0.1) is 12.4 Å². The molecule has 0 radical (unpaired) electrons. The van der Waals surface area contributed by atoms with Crippen LogP contribution in [-0.2, 0) is 9.53 Å². The largest absolute Gasteiger partial charge is 0.494 e. The lowest BCUT2D eigenvalue weighted by Gasteiger charge is -2.34. The maximum Gasteiger partial charge on any atom is 0.256 e. The molecule has 0 spiro atoms. The Morgan fingerprint density at radius 2 is 2.09 bits per heavy atom. The summed E-state index contributed by atoms with van der Waals surface area (Å²) in [6.07, 6.45) is 3.49. The van der Waals surface area contributed by atoms with Gasteiger partial charge in [-0.05, 0) is 44.5 Å². The van der Waals surface area contributed by atoms with E-state index in [-0.39, 0.29) is 18.3 Å². The highest BCUT2D eigenvalue weighted by Gasteiger charge is 2.39. The molecule has 130 valence electrons. The van der Waals surface area contributed by atoms with Gasteiger partial charge < -0.3 is 20.1 Å². The summed E-state index contributed by atoms with van der Waals surface area (Å²) in [6.45, 7) is 4.41. The number of halogens is 1. The average Bonchev–Trinajstić information content (AvgIpc) is 2.56. The standard InChI is InChI=1S/C17H26N2O3.ClH/c1-3-4-12-22-15-7-5-6-14(13-15)19-16(20)17(21-2)8-10-18-11-9-17;/h5-7,13,18H,3-4,8-12H2,1-2H3,(H,19,20);1H. The summed E-state index contributed by atoms with van der Waals surface area (Å²) in [5, 5.41) is 6.21. The quantitative estimate of drug-likeness (QED) is 0.748. The second-order valence-corrected chi connectivity index (χ2v) is 5.63. The molecule has 1 heterocycles. The molecule has 1 fully saturated rings. The number of hydrogen-bond acceptors (Lipinski definition) is 4. The lowest BCUT2D eigenvalue weighted by molar-refractivity contribution is -0.140. The number of hydrogen-bond donors (Lipinski definition) is 2. The first-order valence-electron chi connectivity index (χ1n) is 8.00. The van der Waals surface area contributed by atoms with Gasteiger partial charge in [0, 0.05) is 18.9 Å². The highest BCUT2D eigenvalue weighted by atomic mass is 35.5. The van der Waals surface area contributed by atoms with Crippen molar-refractivity contribution in [3.8, 4) is 5.75 Å². The van der Waals surface area contributed by atoms with Crippen LogP contribution in [0.2, 0.25) is 0 Å². The summed E-state index contributed by atoms with van der Waals surface area (Å²) < 4.78 is 11.2. The first-order valence-corrected chi connectivity index (χ1v) is 8.00. The molecule has 1 saturated heterocycles. The molecule has 0 atom stereocenters. The smallest absolute Gasteiger partial charge is 0.256 e. The van der Waals surface area contributed by atoms with Crippen LogP contribution < -0.4 is 15.4 Å². The zero-order valence-electron chi connectivity index (χ0n) is 13.9. The van der Waals surface area contributed by atoms with Crippen LogP contribution in [0.5, 0.6) is 5.75 Å². The minimum atomic E-state index is -0.732. The fraction of sp³-hybridized carbons (Fsp3) is 0.588. The monoisotopic (exact) mass is 342 g/mol. The maximum atomic E-state index is 12.6. The second kappa shape index (κ2) is 9.75. The number of nitrogens with one attached hydrogen (secondary N) is 2. The van der Waals surface area contributed by atoms with Gasteiger partial charge in [-0.3, -0.25) is 4.79 Å². The molecular formula is C17H27ClN2O3. The predicted molar refractivity (Wildman–Crippen MR) is 94.6 cm³/mol. The van der Waals surface area contributed by atoms with Gasteiger partial charge in [-0.2, -0.15) is 0 Å². The normalized spacial score (nSPS) is 16.3. The zero-order chi connectivity index (χ0) is 15.8. The van der Waals surface area contributed by atoms with Crippen LogP contribution in [0.15, 0.2) is 24.3 Å². The van der Waals surface area contributed by atoms with Crippen molar-refractivity contribution in [2.45, 2.75) is 38.2 Å². The number of methoxy groups -OCH3 is 1. The average molecular weight is 343 g/mol. The minimum absolute atomic E-state index is 0. The third-order valence-electron chi connectivity index (χ3n) is 4.07. The Kier molecular flexibility index (Phi) is 8.37. The number of carbonyl (C=O) groups is 1. The number of anilines is 1. The van der Waals surface area contributed by atoms with Crippen LogP contribution in [0.1, 0.15) is 32.6 Å². The molecule has 1 aliphatic heterocycles. The number of benzene rings is 1. The van der Waals surface area contributed by atoms with E-state index in [0.29, 0.717) is 19.4 Å². The molecule has 5 nitrogen and oxygen atoms in total. The molecule has 1 amide bonds. The van der Waals surface area contributed by atoms with Crippen LogP contribution >= 0.6 is 12.4 Å². The van der Waals surface area contributed by atoms with Crippen molar-refractivity contribution in [3.05, 3.63) is 24.3 Å². The van der Waals surface area contributed by atoms with Crippen LogP contribution in [0, 0.1) is 0 Å². The van der Waals surface area contributed by atoms with Crippen molar-refractivity contribution in [2.24, 2.45) is 0 Å². The van der Waals surface area contributed by atoms with E-state index in [1.165, 1.54) is 0 Å². The summed E-state index contributed by atoms with van der Waals surface area (Å²) in [7, 11) is 1.61. The van der Waals surface area contributed by atoms with Crippen LogP contribution in [-0.4, -0.2) is 38.3 Å². The van der Waals surface area contributed by atoms with Gasteiger partial charge in [0.05, 0.1) is 6.61 Å². The molecular weight excluding hydrogens is 316 g/mol. The third-order valence-corrected chi connectivity index (χ3v) is 4.07. The number of piperidine rings is 1. The molecule has 6 heteroatoms. The zero-order valence-corrected chi connectivity index (χ0v) is 14.7. The first kappa shape index (κ1) is 19.7. The van der Waals surface area contributed by atoms with Crippen molar-refractivity contribution in [1.82, 2.24) is 5.32 Å². The van der Waals surface area contributed by atoms with Gasteiger partial charge in [0.25, 0.3) is 5.91 Å². The van der Waals surface area contributed by atoms with Crippen LogP contribution in [0.4, 0.5) is 5.69 Å². The van der Waals surface area contributed by atoms with Crippen LogP contribution in [0.25, 0.3) is 0 Å². The maximum absolute atomic E-state index is 12.6. The Labute approximate surface area is 144 Å². The summed E-state index contributed by atoms with van der Waals surface area (Å²) in [4.78, 5) is 12.6. The van der Waals surface area contributed by atoms with Crippen molar-refractivity contribution < 1.29 is 14.3 Å². The van der Waals surface area contributed by atoms with Gasteiger partial charge in [-0.1, -0.05) is 19.4 Å². The van der Waals surface area contributed by atoms with Crippen molar-refractivity contribution in [2.75, 3.05) is 32.1 Å². The first-order chi connectivity index (χ1) is 10.7. The second-order valence-electron chi connectivity index (χ2n) is 5.63. The Bertz CT molecular complexity index is 490. The van der Waals surface area contributed by atoms with E-state index in [1.807, 2.05) is 24.3 Å². The summed E-state index contributed by atoms with van der Waals surface area (Å²) in [5.41, 5.74) is 0.0126. The van der Waals surface area contributed by atoms with E-state index in [1.54, 1.807) is 7.11 Å². The Morgan fingerprint density at radius 3 is 2.74 bits per heavy atom. The Hall–Kier alpha value is -1.30. The molecule has 0 saturated carbocycles. The molecule has 0 aliphatic carbocycles. The number of carbonyl (C=O) groups excluding carboxylic acids is 1. The topological polar surface area (TPSA) is 59.6 Å². The van der Waals surface area contributed by atoms with E-state index in [9.17, 15) is 4.79 Å². The molecule has 1 aromatic rings. The number of rotatable bonds is 7. The minimum Gasteiger partial charge on any atom is -0.494 e. The molecule has 1 aliphatic rings. The van der Waals surface area contributed by atoms with Crippen molar-refractivity contribution in [1.29, 1.82) is 0 Å². The van der Waals surface area contributed by atoms with Gasteiger partial charge in [0.1, 0.15) is 11.4 Å². The predicted octanol–water partition coefficient (Wildman–Crippen LogP) is 2.99. The number of unbranched alkanes of at least 4 members (excludes halogenated alkanes) is 1. The van der Waals surface area contributed by atoms with Gasteiger partial charge in [0.2, 0.25) is 0 Å². The fourth-order valence-corrected chi connectivity index (χ4v) is 2.60. The fourth-order valence-electron chi connectivity index (χ4n) is 2.60. The molecule has 2 rings (SSSR count). The van der Waals surface area contributed by atoms with E-state index >= 15 is 0 Å². The third kappa shape index (κ3) is 5.37. The Balaban J connectivity index is 0.00000264. The molecule has 0 unspecified atom stereocenters. The number of amides is 1.